The Morgan fingerprint density at radius 1 is 0.537 bits per heavy atom. The lowest BCUT2D eigenvalue weighted by molar-refractivity contribution is -0.148. The summed E-state index contributed by atoms with van der Waals surface area (Å²) in [7, 11) is 0. The molecule has 8 heteroatoms. The van der Waals surface area contributed by atoms with Crippen LogP contribution in [0.3, 0.4) is 0 Å². The molecule has 0 spiro atoms. The lowest BCUT2D eigenvalue weighted by Crippen LogP contribution is -2.31. The van der Waals surface area contributed by atoms with E-state index in [1.165, 1.54) is 103 Å². The lowest BCUT2D eigenvalue weighted by atomic mass is 10.1. The molecule has 2 atom stereocenters. The number of esters is 1. The van der Waals surface area contributed by atoms with Gasteiger partial charge in [-0.15, -0.1) is 0 Å². The zero-order valence-electron chi connectivity index (χ0n) is 26.7. The second kappa shape index (κ2) is 31.6. The molecule has 0 aliphatic heterocycles. The number of aliphatic hydroxyl groups is 2. The fourth-order valence-corrected chi connectivity index (χ4v) is 4.66. The van der Waals surface area contributed by atoms with Gasteiger partial charge in [-0.3, -0.25) is 4.79 Å². The third-order valence-corrected chi connectivity index (χ3v) is 7.25. The van der Waals surface area contributed by atoms with Crippen molar-refractivity contribution in [2.75, 3.05) is 33.0 Å². The average molecular weight is 588 g/mol. The van der Waals surface area contributed by atoms with Crippen LogP contribution < -0.4 is 5.32 Å². The quantitative estimate of drug-likeness (QED) is 0.0565. The smallest absolute Gasteiger partial charge is 0.407 e. The van der Waals surface area contributed by atoms with Crippen molar-refractivity contribution in [1.29, 1.82) is 0 Å². The Morgan fingerprint density at radius 2 is 0.927 bits per heavy atom. The number of carbonyl (C=O) groups excluding carboxylic acids is 2. The van der Waals surface area contributed by atoms with Crippen molar-refractivity contribution in [2.24, 2.45) is 0 Å². The van der Waals surface area contributed by atoms with E-state index in [4.69, 9.17) is 14.2 Å². The molecule has 0 aliphatic rings. The van der Waals surface area contributed by atoms with Crippen molar-refractivity contribution in [1.82, 2.24) is 5.32 Å². The predicted octanol–water partition coefficient (Wildman–Crippen LogP) is 7.62. The number of rotatable bonds is 31. The first-order chi connectivity index (χ1) is 20.0. The van der Waals surface area contributed by atoms with Gasteiger partial charge >= 0.3 is 12.1 Å². The Kier molecular flexibility index (Phi) is 30.5. The van der Waals surface area contributed by atoms with Crippen molar-refractivity contribution in [2.45, 2.75) is 167 Å². The normalized spacial score (nSPS) is 12.7. The van der Waals surface area contributed by atoms with Gasteiger partial charge in [0.15, 0.2) is 0 Å². The molecule has 0 fully saturated rings. The van der Waals surface area contributed by atoms with Gasteiger partial charge in [0.05, 0.1) is 13.2 Å². The van der Waals surface area contributed by atoms with Gasteiger partial charge in [0.2, 0.25) is 0 Å². The van der Waals surface area contributed by atoms with Crippen LogP contribution in [0.1, 0.15) is 155 Å². The van der Waals surface area contributed by atoms with Gasteiger partial charge < -0.3 is 29.7 Å². The minimum absolute atomic E-state index is 0.0757. The molecule has 0 heterocycles. The summed E-state index contributed by atoms with van der Waals surface area (Å²) in [5.74, 6) is -0.308. The first kappa shape index (κ1) is 39.6. The van der Waals surface area contributed by atoms with Gasteiger partial charge in [0.1, 0.15) is 25.4 Å². The Morgan fingerprint density at radius 3 is 1.39 bits per heavy atom. The Hall–Kier alpha value is -1.38. The van der Waals surface area contributed by atoms with E-state index in [-0.39, 0.29) is 32.4 Å². The molecule has 0 bridgehead atoms. The zero-order valence-corrected chi connectivity index (χ0v) is 26.7. The SMILES string of the molecule is CCCCCCCCCCCCCC(=O)OCC(O)COCC(O)COC(=O)NCCCCCCCCCCCC. The summed E-state index contributed by atoms with van der Waals surface area (Å²) in [6, 6.07) is 0. The molecule has 2 unspecified atom stereocenters. The molecule has 0 saturated heterocycles. The van der Waals surface area contributed by atoms with Crippen LogP contribution in [-0.4, -0.2) is 67.5 Å². The number of aliphatic hydroxyl groups excluding tert-OH is 2. The van der Waals surface area contributed by atoms with E-state index in [9.17, 15) is 19.8 Å². The Labute approximate surface area is 251 Å². The van der Waals surface area contributed by atoms with Crippen molar-refractivity contribution >= 4 is 12.1 Å². The van der Waals surface area contributed by atoms with Crippen LogP contribution in [0.15, 0.2) is 0 Å². The van der Waals surface area contributed by atoms with Gasteiger partial charge in [-0.1, -0.05) is 136 Å². The van der Waals surface area contributed by atoms with Crippen LogP contribution in [0.2, 0.25) is 0 Å². The fraction of sp³-hybridized carbons (Fsp3) is 0.939. The highest BCUT2D eigenvalue weighted by atomic mass is 16.6. The minimum atomic E-state index is -0.992. The van der Waals surface area contributed by atoms with Crippen molar-refractivity contribution in [3.05, 3.63) is 0 Å². The summed E-state index contributed by atoms with van der Waals surface area (Å²) in [6.07, 6.45) is 23.7. The highest BCUT2D eigenvalue weighted by Gasteiger charge is 2.12. The van der Waals surface area contributed by atoms with Crippen molar-refractivity contribution in [3.8, 4) is 0 Å². The highest BCUT2D eigenvalue weighted by Crippen LogP contribution is 2.12. The van der Waals surface area contributed by atoms with Gasteiger partial charge in [0, 0.05) is 13.0 Å². The first-order valence-corrected chi connectivity index (χ1v) is 17.0. The van der Waals surface area contributed by atoms with Crippen LogP contribution in [0.5, 0.6) is 0 Å². The molecule has 41 heavy (non-hydrogen) atoms. The molecular formula is C33H65NO7. The molecule has 1 amide bonds. The molecule has 3 N–H and O–H groups in total. The van der Waals surface area contributed by atoms with Gasteiger partial charge in [-0.05, 0) is 12.8 Å². The van der Waals surface area contributed by atoms with Crippen LogP contribution in [0.4, 0.5) is 4.79 Å². The Balaban J connectivity index is 3.50. The third kappa shape index (κ3) is 31.4. The monoisotopic (exact) mass is 587 g/mol. The maximum absolute atomic E-state index is 11.9. The molecule has 8 nitrogen and oxygen atoms in total. The van der Waals surface area contributed by atoms with Gasteiger partial charge in [0.25, 0.3) is 0 Å². The van der Waals surface area contributed by atoms with E-state index < -0.39 is 18.3 Å². The van der Waals surface area contributed by atoms with Crippen LogP contribution in [0, 0.1) is 0 Å². The maximum atomic E-state index is 11.9. The summed E-state index contributed by atoms with van der Waals surface area (Å²) in [6.45, 7) is 4.55. The molecule has 0 aliphatic carbocycles. The predicted molar refractivity (Wildman–Crippen MR) is 166 cm³/mol. The largest absolute Gasteiger partial charge is 0.463 e. The fourth-order valence-electron chi connectivity index (χ4n) is 4.66. The molecular weight excluding hydrogens is 522 g/mol. The van der Waals surface area contributed by atoms with Gasteiger partial charge in [-0.25, -0.2) is 4.79 Å². The number of hydrogen-bond acceptors (Lipinski definition) is 7. The number of hydrogen-bond donors (Lipinski definition) is 3. The maximum Gasteiger partial charge on any atom is 0.407 e. The zero-order chi connectivity index (χ0) is 30.2. The standard InChI is InChI=1S/C33H65NO7/c1-3-5-7-9-11-13-15-16-18-20-22-24-32(37)40-28-30(35)26-39-27-31(36)29-41-33(38)34-25-23-21-19-17-14-12-10-8-6-4-2/h30-31,35-36H,3-29H2,1-2H3,(H,34,38). The first-order valence-electron chi connectivity index (χ1n) is 17.0. The van der Waals surface area contributed by atoms with Crippen LogP contribution in [-0.2, 0) is 19.0 Å². The summed E-state index contributed by atoms with van der Waals surface area (Å²) >= 11 is 0. The average Bonchev–Trinajstić information content (AvgIpc) is 2.96. The van der Waals surface area contributed by atoms with Crippen LogP contribution >= 0.6 is 0 Å². The number of amides is 1. The number of unbranched alkanes of at least 4 members (excludes halogenated alkanes) is 19. The minimum Gasteiger partial charge on any atom is -0.463 e. The van der Waals surface area contributed by atoms with Crippen molar-refractivity contribution in [3.63, 3.8) is 0 Å². The topological polar surface area (TPSA) is 114 Å². The number of ether oxygens (including phenoxy) is 3. The summed E-state index contributed by atoms with van der Waals surface area (Å²) < 4.78 is 15.4. The van der Waals surface area contributed by atoms with E-state index in [1.54, 1.807) is 0 Å². The second-order valence-corrected chi connectivity index (χ2v) is 11.5. The lowest BCUT2D eigenvalue weighted by Gasteiger charge is -2.15. The highest BCUT2D eigenvalue weighted by molar-refractivity contribution is 5.69. The van der Waals surface area contributed by atoms with E-state index >= 15 is 0 Å². The summed E-state index contributed by atoms with van der Waals surface area (Å²) in [5, 5.41) is 22.6. The summed E-state index contributed by atoms with van der Waals surface area (Å²) in [4.78, 5) is 23.6. The van der Waals surface area contributed by atoms with Gasteiger partial charge in [-0.2, -0.15) is 0 Å². The Bertz CT molecular complexity index is 528. The van der Waals surface area contributed by atoms with E-state index in [0.29, 0.717) is 13.0 Å². The molecule has 0 saturated carbocycles. The third-order valence-electron chi connectivity index (χ3n) is 7.25. The molecule has 0 aromatic heterocycles. The number of carbonyl (C=O) groups is 2. The molecule has 0 aromatic rings. The van der Waals surface area contributed by atoms with E-state index in [1.807, 2.05) is 0 Å². The number of alkyl carbamates (subject to hydrolysis) is 1. The molecule has 244 valence electrons. The van der Waals surface area contributed by atoms with Crippen molar-refractivity contribution < 1.29 is 34.0 Å². The summed E-state index contributed by atoms with van der Waals surface area (Å²) in [5.41, 5.74) is 0. The number of nitrogens with one attached hydrogen (secondary N) is 1. The molecule has 0 aromatic carbocycles. The molecule has 0 radical (unpaired) electrons. The molecule has 0 rings (SSSR count). The van der Waals surface area contributed by atoms with E-state index in [2.05, 4.69) is 19.2 Å². The van der Waals surface area contributed by atoms with Crippen LogP contribution in [0.25, 0.3) is 0 Å². The second-order valence-electron chi connectivity index (χ2n) is 11.5. The van der Waals surface area contributed by atoms with E-state index in [0.717, 1.165) is 32.1 Å².